The molecule has 0 unspecified atom stereocenters. The fourth-order valence-corrected chi connectivity index (χ4v) is 2.18. The van der Waals surface area contributed by atoms with Crippen LogP contribution in [0.15, 0.2) is 47.5 Å². The summed E-state index contributed by atoms with van der Waals surface area (Å²) in [5, 5.41) is 0. The van der Waals surface area contributed by atoms with Crippen molar-refractivity contribution in [2.45, 2.75) is 27.7 Å². The Morgan fingerprint density at radius 1 is 0.900 bits per heavy atom. The molecule has 0 aliphatic heterocycles. The number of para-hydroxylation sites is 1. The molecular formula is C18H19NO. The van der Waals surface area contributed by atoms with Crippen molar-refractivity contribution < 1.29 is 4.79 Å². The quantitative estimate of drug-likeness (QED) is 0.587. The van der Waals surface area contributed by atoms with E-state index in [0.717, 1.165) is 33.7 Å². The zero-order chi connectivity index (χ0) is 14.7. The minimum atomic E-state index is 0.0757. The molecule has 0 radical (unpaired) electrons. The molecule has 0 saturated carbocycles. The molecule has 0 aromatic heterocycles. The Labute approximate surface area is 120 Å². The van der Waals surface area contributed by atoms with Crippen LogP contribution in [0.3, 0.4) is 0 Å². The summed E-state index contributed by atoms with van der Waals surface area (Å²) >= 11 is 0. The Morgan fingerprint density at radius 3 is 2.05 bits per heavy atom. The average molecular weight is 265 g/mol. The monoisotopic (exact) mass is 265 g/mol. The Morgan fingerprint density at radius 2 is 1.45 bits per heavy atom. The highest BCUT2D eigenvalue weighted by Crippen LogP contribution is 2.24. The molecule has 0 spiro atoms. The normalized spacial score (nSPS) is 11.5. The van der Waals surface area contributed by atoms with E-state index in [1.165, 1.54) is 0 Å². The number of hydrogen-bond acceptors (Lipinski definition) is 2. The van der Waals surface area contributed by atoms with Crippen LogP contribution in [0.1, 0.15) is 40.9 Å². The summed E-state index contributed by atoms with van der Waals surface area (Å²) in [6.07, 6.45) is 0. The van der Waals surface area contributed by atoms with Crippen LogP contribution in [0.5, 0.6) is 0 Å². The van der Waals surface area contributed by atoms with Gasteiger partial charge in [0.1, 0.15) is 0 Å². The average Bonchev–Trinajstić information content (AvgIpc) is 2.43. The van der Waals surface area contributed by atoms with E-state index < -0.39 is 0 Å². The summed E-state index contributed by atoms with van der Waals surface area (Å²) in [4.78, 5) is 16.2. The van der Waals surface area contributed by atoms with Gasteiger partial charge in [-0.3, -0.25) is 9.79 Å². The standard InChI is InChI=1S/C18H19NO/c1-12-7-5-8-13(2)18(12)19-14(3)16-9-6-10-17(11-16)15(4)20/h5-11H,1-4H3/b19-14+. The molecule has 2 rings (SSSR count). The van der Waals surface area contributed by atoms with Gasteiger partial charge in [-0.05, 0) is 50.5 Å². The highest BCUT2D eigenvalue weighted by atomic mass is 16.1. The van der Waals surface area contributed by atoms with Gasteiger partial charge >= 0.3 is 0 Å². The largest absolute Gasteiger partial charge is 0.295 e. The zero-order valence-electron chi connectivity index (χ0n) is 12.4. The van der Waals surface area contributed by atoms with Crippen LogP contribution in [-0.2, 0) is 0 Å². The van der Waals surface area contributed by atoms with E-state index in [-0.39, 0.29) is 5.78 Å². The van der Waals surface area contributed by atoms with Gasteiger partial charge in [0.05, 0.1) is 5.69 Å². The Bertz CT molecular complexity index is 663. The van der Waals surface area contributed by atoms with Crippen LogP contribution in [0.25, 0.3) is 0 Å². The maximum absolute atomic E-state index is 11.4. The van der Waals surface area contributed by atoms with Crippen LogP contribution in [0, 0.1) is 13.8 Å². The second-order valence-electron chi connectivity index (χ2n) is 5.07. The molecule has 20 heavy (non-hydrogen) atoms. The number of rotatable bonds is 3. The topological polar surface area (TPSA) is 29.4 Å². The molecule has 0 bridgehead atoms. The summed E-state index contributed by atoms with van der Waals surface area (Å²) in [6, 6.07) is 13.8. The van der Waals surface area contributed by atoms with E-state index in [1.54, 1.807) is 6.92 Å². The minimum absolute atomic E-state index is 0.0757. The van der Waals surface area contributed by atoms with Gasteiger partial charge in [-0.2, -0.15) is 0 Å². The number of ketones is 1. The van der Waals surface area contributed by atoms with Gasteiger partial charge in [-0.1, -0.05) is 36.4 Å². The van der Waals surface area contributed by atoms with E-state index in [2.05, 4.69) is 26.0 Å². The minimum Gasteiger partial charge on any atom is -0.295 e. The number of aliphatic imine (C=N–C) groups is 1. The van der Waals surface area contributed by atoms with Crippen molar-refractivity contribution in [2.75, 3.05) is 0 Å². The second kappa shape index (κ2) is 5.83. The first-order chi connectivity index (χ1) is 9.49. The van der Waals surface area contributed by atoms with Crippen molar-refractivity contribution in [3.63, 3.8) is 0 Å². The van der Waals surface area contributed by atoms with Gasteiger partial charge < -0.3 is 0 Å². The van der Waals surface area contributed by atoms with Crippen LogP contribution in [0.2, 0.25) is 0 Å². The summed E-state index contributed by atoms with van der Waals surface area (Å²) in [5.41, 5.74) is 5.96. The third-order valence-corrected chi connectivity index (χ3v) is 3.41. The van der Waals surface area contributed by atoms with Gasteiger partial charge in [0.2, 0.25) is 0 Å². The van der Waals surface area contributed by atoms with Crippen molar-refractivity contribution >= 4 is 17.2 Å². The fraction of sp³-hybridized carbons (Fsp3) is 0.222. The molecule has 2 aromatic carbocycles. The third kappa shape index (κ3) is 3.02. The van der Waals surface area contributed by atoms with Crippen LogP contribution >= 0.6 is 0 Å². The van der Waals surface area contributed by atoms with E-state index >= 15 is 0 Å². The van der Waals surface area contributed by atoms with Crippen LogP contribution in [0.4, 0.5) is 5.69 Å². The Hall–Kier alpha value is -2.22. The molecule has 2 nitrogen and oxygen atoms in total. The lowest BCUT2D eigenvalue weighted by molar-refractivity contribution is 0.101. The Kier molecular flexibility index (Phi) is 4.14. The third-order valence-electron chi connectivity index (χ3n) is 3.41. The SMILES string of the molecule is CC(=O)c1cccc(/C(C)=N/c2c(C)cccc2C)c1. The van der Waals surface area contributed by atoms with Gasteiger partial charge in [-0.25, -0.2) is 0 Å². The molecule has 0 saturated heterocycles. The van der Waals surface area contributed by atoms with Crippen molar-refractivity contribution in [3.8, 4) is 0 Å². The maximum atomic E-state index is 11.4. The lowest BCUT2D eigenvalue weighted by atomic mass is 10.0. The fourth-order valence-electron chi connectivity index (χ4n) is 2.18. The molecule has 0 heterocycles. The predicted molar refractivity (Wildman–Crippen MR) is 84.2 cm³/mol. The van der Waals surface area contributed by atoms with Crippen molar-refractivity contribution in [2.24, 2.45) is 4.99 Å². The summed E-state index contributed by atoms with van der Waals surface area (Å²) in [5.74, 6) is 0.0757. The number of hydrogen-bond donors (Lipinski definition) is 0. The molecule has 2 aromatic rings. The van der Waals surface area contributed by atoms with Crippen LogP contribution < -0.4 is 0 Å². The van der Waals surface area contributed by atoms with Crippen molar-refractivity contribution in [1.29, 1.82) is 0 Å². The first-order valence-corrected chi connectivity index (χ1v) is 6.72. The molecular weight excluding hydrogens is 246 g/mol. The van der Waals surface area contributed by atoms with Gasteiger partial charge in [0, 0.05) is 11.3 Å². The van der Waals surface area contributed by atoms with Crippen molar-refractivity contribution in [3.05, 3.63) is 64.7 Å². The highest BCUT2D eigenvalue weighted by Gasteiger charge is 2.05. The number of carbonyl (C=O) groups is 1. The van der Waals surface area contributed by atoms with Gasteiger partial charge in [0.15, 0.2) is 5.78 Å². The van der Waals surface area contributed by atoms with E-state index in [0.29, 0.717) is 0 Å². The van der Waals surface area contributed by atoms with E-state index in [4.69, 9.17) is 4.99 Å². The number of aryl methyl sites for hydroxylation is 2. The van der Waals surface area contributed by atoms with Crippen LogP contribution in [-0.4, -0.2) is 11.5 Å². The molecule has 102 valence electrons. The molecule has 0 amide bonds. The Balaban J connectivity index is 2.45. The summed E-state index contributed by atoms with van der Waals surface area (Å²) < 4.78 is 0. The number of benzene rings is 2. The smallest absolute Gasteiger partial charge is 0.159 e. The highest BCUT2D eigenvalue weighted by molar-refractivity contribution is 6.03. The number of carbonyl (C=O) groups excluding carboxylic acids is 1. The molecule has 0 N–H and O–H groups in total. The first-order valence-electron chi connectivity index (χ1n) is 6.72. The maximum Gasteiger partial charge on any atom is 0.159 e. The second-order valence-corrected chi connectivity index (χ2v) is 5.07. The zero-order valence-corrected chi connectivity index (χ0v) is 12.4. The molecule has 0 aliphatic carbocycles. The first kappa shape index (κ1) is 14.2. The lowest BCUT2D eigenvalue weighted by Gasteiger charge is -2.07. The van der Waals surface area contributed by atoms with Gasteiger partial charge in [0.25, 0.3) is 0 Å². The summed E-state index contributed by atoms with van der Waals surface area (Å²) in [6.45, 7) is 7.68. The van der Waals surface area contributed by atoms with E-state index in [9.17, 15) is 4.79 Å². The number of Topliss-reactive ketones (excluding diaryl/α,β-unsaturated/α-hetero) is 1. The number of nitrogens with zero attached hydrogens (tertiary/aromatic N) is 1. The molecule has 0 atom stereocenters. The van der Waals surface area contributed by atoms with E-state index in [1.807, 2.05) is 37.3 Å². The predicted octanol–water partition coefficient (Wildman–Crippen LogP) is 4.65. The molecule has 0 aliphatic rings. The van der Waals surface area contributed by atoms with Gasteiger partial charge in [-0.15, -0.1) is 0 Å². The lowest BCUT2D eigenvalue weighted by Crippen LogP contribution is -1.99. The molecule has 0 fully saturated rings. The molecule has 2 heteroatoms. The van der Waals surface area contributed by atoms with Crippen molar-refractivity contribution in [1.82, 2.24) is 0 Å². The summed E-state index contributed by atoms with van der Waals surface area (Å²) in [7, 11) is 0.